The molecule has 1 spiro atoms. The second kappa shape index (κ2) is 8.01. The van der Waals surface area contributed by atoms with Crippen LogP contribution in [-0.2, 0) is 14.8 Å². The van der Waals surface area contributed by atoms with Gasteiger partial charge in [-0.1, -0.05) is 35.5 Å². The van der Waals surface area contributed by atoms with E-state index in [4.69, 9.17) is 9.26 Å². The molecular weight excluding hydrogens is 422 g/mol. The molecule has 1 aromatic carbocycles. The summed E-state index contributed by atoms with van der Waals surface area (Å²) in [5.74, 6) is -0.0583. The Morgan fingerprint density at radius 2 is 1.94 bits per heavy atom. The van der Waals surface area contributed by atoms with Gasteiger partial charge in [-0.05, 0) is 26.2 Å². The SMILES string of the molecule is C[C@]1(O)COC2(CCN(C(=O)c3cc(-c4ccccc4)no3)CC2)C[C@@H]1NS(C)(=O)=O. The number of piperidine rings is 1. The summed E-state index contributed by atoms with van der Waals surface area (Å²) >= 11 is 0. The maximum absolute atomic E-state index is 12.9. The minimum atomic E-state index is -3.48. The average molecular weight is 450 g/mol. The van der Waals surface area contributed by atoms with Crippen molar-refractivity contribution in [3.05, 3.63) is 42.2 Å². The van der Waals surface area contributed by atoms with E-state index in [2.05, 4.69) is 9.88 Å². The Balaban J connectivity index is 1.41. The van der Waals surface area contributed by atoms with E-state index in [1.807, 2.05) is 30.3 Å². The molecule has 0 unspecified atom stereocenters. The monoisotopic (exact) mass is 449 g/mol. The lowest BCUT2D eigenvalue weighted by Gasteiger charge is -2.50. The van der Waals surface area contributed by atoms with E-state index in [1.165, 1.54) is 0 Å². The molecule has 2 aliphatic rings. The van der Waals surface area contributed by atoms with Gasteiger partial charge in [0.15, 0.2) is 0 Å². The molecular formula is C21H27N3O6S. The summed E-state index contributed by atoms with van der Waals surface area (Å²) in [5, 5.41) is 14.6. The topological polar surface area (TPSA) is 122 Å². The normalized spacial score (nSPS) is 26.2. The van der Waals surface area contributed by atoms with Crippen molar-refractivity contribution < 1.29 is 27.6 Å². The van der Waals surface area contributed by atoms with Crippen LogP contribution in [0.5, 0.6) is 0 Å². The lowest BCUT2D eigenvalue weighted by Crippen LogP contribution is -2.64. The van der Waals surface area contributed by atoms with E-state index >= 15 is 0 Å². The molecule has 9 nitrogen and oxygen atoms in total. The van der Waals surface area contributed by atoms with Crippen molar-refractivity contribution in [3.63, 3.8) is 0 Å². The third-order valence-corrected chi connectivity index (χ3v) is 6.82. The molecule has 1 amide bonds. The number of carbonyl (C=O) groups excluding carboxylic acids is 1. The molecule has 0 bridgehead atoms. The van der Waals surface area contributed by atoms with Gasteiger partial charge in [0.2, 0.25) is 15.8 Å². The predicted octanol–water partition coefficient (Wildman–Crippen LogP) is 1.41. The third kappa shape index (κ3) is 4.82. The summed E-state index contributed by atoms with van der Waals surface area (Å²) in [5.41, 5.74) is -0.410. The van der Waals surface area contributed by atoms with Gasteiger partial charge in [0, 0.05) is 24.7 Å². The van der Waals surface area contributed by atoms with Crippen LogP contribution in [0.4, 0.5) is 0 Å². The van der Waals surface area contributed by atoms with Crippen LogP contribution in [-0.4, -0.2) is 72.7 Å². The Hall–Kier alpha value is -2.27. The molecule has 0 aliphatic carbocycles. The molecule has 2 saturated heterocycles. The number of nitrogens with one attached hydrogen (secondary N) is 1. The third-order valence-electron chi connectivity index (χ3n) is 6.11. The minimum absolute atomic E-state index is 0.0245. The van der Waals surface area contributed by atoms with Crippen LogP contribution in [0.15, 0.2) is 40.9 Å². The number of amides is 1. The second-order valence-corrected chi connectivity index (χ2v) is 10.5. The van der Waals surface area contributed by atoms with Gasteiger partial charge in [0.25, 0.3) is 5.91 Å². The zero-order valence-electron chi connectivity index (χ0n) is 17.6. The molecule has 2 aliphatic heterocycles. The molecule has 1 aromatic heterocycles. The van der Waals surface area contributed by atoms with Crippen LogP contribution in [0.3, 0.4) is 0 Å². The van der Waals surface area contributed by atoms with Crippen LogP contribution in [0.1, 0.15) is 36.7 Å². The van der Waals surface area contributed by atoms with Crippen molar-refractivity contribution in [2.45, 2.75) is 43.4 Å². The molecule has 4 rings (SSSR count). The largest absolute Gasteiger partial charge is 0.386 e. The maximum atomic E-state index is 12.9. The number of aliphatic hydroxyl groups is 1. The predicted molar refractivity (Wildman–Crippen MR) is 113 cm³/mol. The highest BCUT2D eigenvalue weighted by Crippen LogP contribution is 2.39. The van der Waals surface area contributed by atoms with Crippen molar-refractivity contribution in [2.75, 3.05) is 26.0 Å². The van der Waals surface area contributed by atoms with Crippen molar-refractivity contribution in [3.8, 4) is 11.3 Å². The number of likely N-dealkylation sites (tertiary alicyclic amines) is 1. The molecule has 2 fully saturated rings. The molecule has 3 heterocycles. The summed E-state index contributed by atoms with van der Waals surface area (Å²) < 4.78 is 37.3. The molecule has 0 radical (unpaired) electrons. The van der Waals surface area contributed by atoms with Crippen molar-refractivity contribution >= 4 is 15.9 Å². The first kappa shape index (κ1) is 21.9. The van der Waals surface area contributed by atoms with E-state index in [-0.39, 0.29) is 18.3 Å². The minimum Gasteiger partial charge on any atom is -0.386 e. The summed E-state index contributed by atoms with van der Waals surface area (Å²) in [6.07, 6.45) is 2.50. The Labute approximate surface area is 181 Å². The molecule has 168 valence electrons. The fourth-order valence-corrected chi connectivity index (χ4v) is 5.07. The number of rotatable bonds is 4. The van der Waals surface area contributed by atoms with E-state index < -0.39 is 27.3 Å². The smallest absolute Gasteiger partial charge is 0.292 e. The van der Waals surface area contributed by atoms with E-state index in [0.717, 1.165) is 11.8 Å². The van der Waals surface area contributed by atoms with Gasteiger partial charge in [-0.2, -0.15) is 0 Å². The Morgan fingerprint density at radius 1 is 1.26 bits per heavy atom. The quantitative estimate of drug-likeness (QED) is 0.724. The maximum Gasteiger partial charge on any atom is 0.292 e. The standard InChI is InChI=1S/C21H27N3O6S/c1-20(26)14-29-21(13-18(20)23-31(2,27)28)8-10-24(11-9-21)19(25)17-12-16(22-30-17)15-6-4-3-5-7-15/h3-7,12,18,23,26H,8-11,13-14H2,1-2H3/t18-,20-/m0/s1. The van der Waals surface area contributed by atoms with Crippen LogP contribution in [0, 0.1) is 0 Å². The number of sulfonamides is 1. The van der Waals surface area contributed by atoms with Crippen molar-refractivity contribution in [1.29, 1.82) is 0 Å². The van der Waals surface area contributed by atoms with Crippen molar-refractivity contribution in [1.82, 2.24) is 14.8 Å². The highest BCUT2D eigenvalue weighted by Gasteiger charge is 2.49. The summed E-state index contributed by atoms with van der Waals surface area (Å²) in [4.78, 5) is 14.6. The average Bonchev–Trinajstić information content (AvgIpc) is 3.21. The molecule has 2 N–H and O–H groups in total. The second-order valence-electron chi connectivity index (χ2n) is 8.71. The van der Waals surface area contributed by atoms with Crippen LogP contribution >= 0.6 is 0 Å². The fraction of sp³-hybridized carbons (Fsp3) is 0.524. The van der Waals surface area contributed by atoms with E-state index in [9.17, 15) is 18.3 Å². The highest BCUT2D eigenvalue weighted by molar-refractivity contribution is 7.88. The van der Waals surface area contributed by atoms with Gasteiger partial charge in [0.1, 0.15) is 11.3 Å². The Kier molecular flexibility index (Phi) is 5.67. The number of hydrogen-bond donors (Lipinski definition) is 2. The number of hydrogen-bond acceptors (Lipinski definition) is 7. The molecule has 2 atom stereocenters. The van der Waals surface area contributed by atoms with Crippen LogP contribution < -0.4 is 4.72 Å². The lowest BCUT2D eigenvalue weighted by atomic mass is 9.78. The van der Waals surface area contributed by atoms with Crippen LogP contribution in [0.2, 0.25) is 0 Å². The zero-order valence-corrected chi connectivity index (χ0v) is 18.4. The summed E-state index contributed by atoms with van der Waals surface area (Å²) in [7, 11) is -3.48. The van der Waals surface area contributed by atoms with E-state index in [1.54, 1.807) is 17.9 Å². The summed E-state index contributed by atoms with van der Waals surface area (Å²) in [6, 6.07) is 10.5. The molecule has 31 heavy (non-hydrogen) atoms. The van der Waals surface area contributed by atoms with Gasteiger partial charge in [-0.25, -0.2) is 13.1 Å². The van der Waals surface area contributed by atoms with Crippen molar-refractivity contribution in [2.24, 2.45) is 0 Å². The highest BCUT2D eigenvalue weighted by atomic mass is 32.2. The zero-order chi connectivity index (χ0) is 22.3. The number of nitrogens with zero attached hydrogens (tertiary/aromatic N) is 2. The Bertz CT molecular complexity index is 1040. The number of carbonyl (C=O) groups is 1. The number of aromatic nitrogens is 1. The molecule has 2 aromatic rings. The molecule has 0 saturated carbocycles. The first-order chi connectivity index (χ1) is 14.6. The van der Waals surface area contributed by atoms with Crippen LogP contribution in [0.25, 0.3) is 11.3 Å². The van der Waals surface area contributed by atoms with Gasteiger partial charge in [-0.15, -0.1) is 0 Å². The van der Waals surface area contributed by atoms with Gasteiger partial charge >= 0.3 is 0 Å². The number of ether oxygens (including phenoxy) is 1. The first-order valence-corrected chi connectivity index (χ1v) is 12.1. The molecule has 10 heteroatoms. The first-order valence-electron chi connectivity index (χ1n) is 10.2. The number of benzene rings is 1. The lowest BCUT2D eigenvalue weighted by molar-refractivity contribution is -0.187. The van der Waals surface area contributed by atoms with Gasteiger partial charge < -0.3 is 19.3 Å². The summed E-state index contributed by atoms with van der Waals surface area (Å²) in [6.45, 7) is 2.47. The Morgan fingerprint density at radius 3 is 2.58 bits per heavy atom. The van der Waals surface area contributed by atoms with Gasteiger partial charge in [-0.3, -0.25) is 4.79 Å². The van der Waals surface area contributed by atoms with Gasteiger partial charge in [0.05, 0.1) is 24.5 Å². The fourth-order valence-electron chi connectivity index (χ4n) is 4.22. The van der Waals surface area contributed by atoms with E-state index in [0.29, 0.717) is 38.0 Å².